The first kappa shape index (κ1) is 14.9. The maximum absolute atomic E-state index is 10.3. The summed E-state index contributed by atoms with van der Waals surface area (Å²) >= 11 is 0. The highest BCUT2D eigenvalue weighted by Crippen LogP contribution is 2.18. The summed E-state index contributed by atoms with van der Waals surface area (Å²) in [6.45, 7) is 7.65. The van der Waals surface area contributed by atoms with Crippen LogP contribution in [-0.4, -0.2) is 37.0 Å². The third kappa shape index (κ3) is 6.88. The minimum Gasteiger partial charge on any atom is -0.389 e. The van der Waals surface area contributed by atoms with Crippen LogP contribution >= 0.6 is 0 Å². The molecule has 0 saturated heterocycles. The Morgan fingerprint density at radius 3 is 2.20 bits per heavy atom. The van der Waals surface area contributed by atoms with E-state index in [0.717, 1.165) is 25.7 Å². The van der Waals surface area contributed by atoms with Crippen molar-refractivity contribution in [1.29, 1.82) is 0 Å². The molecule has 0 aromatic heterocycles. The first-order valence-corrected chi connectivity index (χ1v) is 6.02. The lowest BCUT2D eigenvalue weighted by Crippen LogP contribution is -2.44. The molecule has 0 heterocycles. The third-order valence-electron chi connectivity index (χ3n) is 2.63. The van der Waals surface area contributed by atoms with Crippen LogP contribution < -0.4 is 5.32 Å². The van der Waals surface area contributed by atoms with Crippen molar-refractivity contribution in [2.45, 2.75) is 58.1 Å². The van der Waals surface area contributed by atoms with Gasteiger partial charge in [0.05, 0.1) is 12.2 Å². The highest BCUT2D eigenvalue weighted by molar-refractivity contribution is 4.81. The zero-order valence-corrected chi connectivity index (χ0v) is 10.7. The van der Waals surface area contributed by atoms with Gasteiger partial charge in [0.25, 0.3) is 0 Å². The molecule has 0 spiro atoms. The van der Waals surface area contributed by atoms with Crippen molar-refractivity contribution >= 4 is 0 Å². The molecule has 1 atom stereocenters. The van der Waals surface area contributed by atoms with E-state index in [1.54, 1.807) is 7.11 Å². The van der Waals surface area contributed by atoms with E-state index in [1.165, 1.54) is 0 Å². The van der Waals surface area contributed by atoms with Crippen LogP contribution in [0, 0.1) is 0 Å². The Labute approximate surface area is 94.2 Å². The fraction of sp³-hybridized carbons (Fsp3) is 1.00. The van der Waals surface area contributed by atoms with E-state index in [9.17, 15) is 5.11 Å². The Morgan fingerprint density at radius 2 is 1.80 bits per heavy atom. The Morgan fingerprint density at radius 1 is 1.27 bits per heavy atom. The van der Waals surface area contributed by atoms with E-state index in [0.29, 0.717) is 19.2 Å². The third-order valence-corrected chi connectivity index (χ3v) is 2.63. The lowest BCUT2D eigenvalue weighted by atomic mass is 9.92. The quantitative estimate of drug-likeness (QED) is 0.620. The Hall–Kier alpha value is -0.120. The van der Waals surface area contributed by atoms with E-state index in [4.69, 9.17) is 4.74 Å². The average Bonchev–Trinajstić information content (AvgIpc) is 2.16. The molecule has 92 valence electrons. The van der Waals surface area contributed by atoms with Gasteiger partial charge in [-0.2, -0.15) is 0 Å². The number of methoxy groups -OCH3 is 1. The number of aliphatic hydroxyl groups is 1. The number of ether oxygens (including phenoxy) is 1. The molecule has 0 radical (unpaired) electrons. The van der Waals surface area contributed by atoms with E-state index in [-0.39, 0.29) is 0 Å². The molecule has 0 saturated carbocycles. The van der Waals surface area contributed by atoms with Crippen molar-refractivity contribution in [3.8, 4) is 0 Å². The van der Waals surface area contributed by atoms with Crippen LogP contribution in [0.3, 0.4) is 0 Å². The zero-order valence-electron chi connectivity index (χ0n) is 10.7. The van der Waals surface area contributed by atoms with Gasteiger partial charge in [0.1, 0.15) is 0 Å². The fourth-order valence-electron chi connectivity index (χ4n) is 1.91. The van der Waals surface area contributed by atoms with Gasteiger partial charge < -0.3 is 15.2 Å². The summed E-state index contributed by atoms with van der Waals surface area (Å²) in [5, 5.41) is 13.6. The maximum atomic E-state index is 10.3. The predicted octanol–water partition coefficient (Wildman–Crippen LogP) is 1.94. The number of nitrogens with one attached hydrogen (secondary N) is 1. The van der Waals surface area contributed by atoms with Gasteiger partial charge in [-0.3, -0.25) is 0 Å². The van der Waals surface area contributed by atoms with Crippen molar-refractivity contribution in [3.63, 3.8) is 0 Å². The predicted molar refractivity (Wildman–Crippen MR) is 64.1 cm³/mol. The fourth-order valence-corrected chi connectivity index (χ4v) is 1.91. The van der Waals surface area contributed by atoms with Crippen molar-refractivity contribution < 1.29 is 9.84 Å². The second-order valence-electron chi connectivity index (χ2n) is 4.46. The van der Waals surface area contributed by atoms with Crippen LogP contribution in [0.15, 0.2) is 0 Å². The summed E-state index contributed by atoms with van der Waals surface area (Å²) in [7, 11) is 1.70. The Kier molecular flexibility index (Phi) is 8.02. The van der Waals surface area contributed by atoms with Gasteiger partial charge in [0.15, 0.2) is 0 Å². The van der Waals surface area contributed by atoms with Crippen LogP contribution in [0.1, 0.15) is 46.5 Å². The van der Waals surface area contributed by atoms with Gasteiger partial charge in [-0.15, -0.1) is 0 Å². The molecule has 3 heteroatoms. The second-order valence-corrected chi connectivity index (χ2v) is 4.46. The normalized spacial score (nSPS) is 14.2. The van der Waals surface area contributed by atoms with E-state index < -0.39 is 5.60 Å². The molecule has 0 amide bonds. The molecule has 0 fully saturated rings. The summed E-state index contributed by atoms with van der Waals surface area (Å²) in [5.74, 6) is 0. The summed E-state index contributed by atoms with van der Waals surface area (Å²) in [6, 6.07) is 0.301. The molecule has 3 nitrogen and oxygen atoms in total. The van der Waals surface area contributed by atoms with Crippen molar-refractivity contribution in [1.82, 2.24) is 5.32 Å². The van der Waals surface area contributed by atoms with Crippen molar-refractivity contribution in [2.75, 3.05) is 20.3 Å². The second kappa shape index (κ2) is 8.08. The highest BCUT2D eigenvalue weighted by atomic mass is 16.5. The van der Waals surface area contributed by atoms with Gasteiger partial charge in [0, 0.05) is 19.7 Å². The summed E-state index contributed by atoms with van der Waals surface area (Å²) in [4.78, 5) is 0. The lowest BCUT2D eigenvalue weighted by Gasteiger charge is -2.29. The van der Waals surface area contributed by atoms with Crippen LogP contribution in [0.5, 0.6) is 0 Å². The largest absolute Gasteiger partial charge is 0.389 e. The molecule has 0 aliphatic rings. The molecule has 0 bridgehead atoms. The molecular formula is C12H27NO2. The van der Waals surface area contributed by atoms with Crippen molar-refractivity contribution in [3.05, 3.63) is 0 Å². The topological polar surface area (TPSA) is 41.5 Å². The Balaban J connectivity index is 3.93. The molecule has 15 heavy (non-hydrogen) atoms. The van der Waals surface area contributed by atoms with Gasteiger partial charge in [0.2, 0.25) is 0 Å². The minimum absolute atomic E-state index is 0.301. The summed E-state index contributed by atoms with van der Waals surface area (Å²) in [5.41, 5.74) is -0.536. The summed E-state index contributed by atoms with van der Waals surface area (Å²) in [6.07, 6.45) is 3.79. The number of hydrogen-bond donors (Lipinski definition) is 2. The average molecular weight is 217 g/mol. The number of rotatable bonds is 9. The van der Waals surface area contributed by atoms with E-state index >= 15 is 0 Å². The van der Waals surface area contributed by atoms with Crippen LogP contribution in [0.4, 0.5) is 0 Å². The van der Waals surface area contributed by atoms with Gasteiger partial charge >= 0.3 is 0 Å². The SMILES string of the molecule is CCCC(O)(CCC)CNC(C)COC. The minimum atomic E-state index is -0.536. The van der Waals surface area contributed by atoms with E-state index in [2.05, 4.69) is 26.1 Å². The molecule has 0 aliphatic carbocycles. The van der Waals surface area contributed by atoms with Crippen molar-refractivity contribution in [2.24, 2.45) is 0 Å². The van der Waals surface area contributed by atoms with Crippen LogP contribution in [0.2, 0.25) is 0 Å². The molecule has 0 aromatic carbocycles. The lowest BCUT2D eigenvalue weighted by molar-refractivity contribution is 0.0170. The molecule has 2 N–H and O–H groups in total. The van der Waals surface area contributed by atoms with Gasteiger partial charge in [-0.05, 0) is 19.8 Å². The highest BCUT2D eigenvalue weighted by Gasteiger charge is 2.24. The van der Waals surface area contributed by atoms with Gasteiger partial charge in [-0.1, -0.05) is 26.7 Å². The van der Waals surface area contributed by atoms with Gasteiger partial charge in [-0.25, -0.2) is 0 Å². The van der Waals surface area contributed by atoms with Crippen LogP contribution in [-0.2, 0) is 4.74 Å². The molecular weight excluding hydrogens is 190 g/mol. The van der Waals surface area contributed by atoms with E-state index in [1.807, 2.05) is 0 Å². The molecule has 0 aromatic rings. The van der Waals surface area contributed by atoms with Crippen LogP contribution in [0.25, 0.3) is 0 Å². The maximum Gasteiger partial charge on any atom is 0.0771 e. The number of hydrogen-bond acceptors (Lipinski definition) is 3. The molecule has 0 aliphatic heterocycles. The zero-order chi connectivity index (χ0) is 11.7. The first-order chi connectivity index (χ1) is 7.08. The standard InChI is InChI=1S/C12H27NO2/c1-5-7-12(14,8-6-2)10-13-11(3)9-15-4/h11,13-14H,5-10H2,1-4H3. The Bertz CT molecular complexity index is 145. The summed E-state index contributed by atoms with van der Waals surface area (Å²) < 4.78 is 5.04. The first-order valence-electron chi connectivity index (χ1n) is 6.02. The molecule has 0 rings (SSSR count). The smallest absolute Gasteiger partial charge is 0.0771 e. The monoisotopic (exact) mass is 217 g/mol. The molecule has 1 unspecified atom stereocenters.